The summed E-state index contributed by atoms with van der Waals surface area (Å²) in [5.74, 6) is 0.369. The first-order valence-corrected chi connectivity index (χ1v) is 6.76. The minimum absolute atomic E-state index is 0.118. The van der Waals surface area contributed by atoms with Crippen LogP contribution in [-0.4, -0.2) is 60.4 Å². The quantitative estimate of drug-likeness (QED) is 0.676. The van der Waals surface area contributed by atoms with E-state index in [0.717, 1.165) is 6.54 Å². The second-order valence-electron chi connectivity index (χ2n) is 5.36. The van der Waals surface area contributed by atoms with Gasteiger partial charge in [-0.1, -0.05) is 0 Å². The minimum atomic E-state index is -0.891. The highest BCUT2D eigenvalue weighted by Crippen LogP contribution is 2.25. The SMILES string of the molecule is CCOC(C)(C)C(=O)c1c(OC)cnn1CCN(C)C. The van der Waals surface area contributed by atoms with Gasteiger partial charge in [0.15, 0.2) is 5.75 Å². The summed E-state index contributed by atoms with van der Waals surface area (Å²) < 4.78 is 12.5. The standard InChI is InChI=1S/C14H25N3O3/c1-7-20-14(2,3)13(18)12-11(19-6)10-15-17(12)9-8-16(4)5/h10H,7-9H2,1-6H3. The third-order valence-electron chi connectivity index (χ3n) is 3.05. The monoisotopic (exact) mass is 283 g/mol. The van der Waals surface area contributed by atoms with Crippen LogP contribution in [0.5, 0.6) is 5.75 Å². The number of methoxy groups -OCH3 is 1. The number of rotatable bonds is 8. The molecule has 0 aliphatic rings. The lowest BCUT2D eigenvalue weighted by Gasteiger charge is -2.24. The molecular weight excluding hydrogens is 258 g/mol. The molecule has 0 saturated heterocycles. The van der Waals surface area contributed by atoms with Crippen molar-refractivity contribution >= 4 is 5.78 Å². The van der Waals surface area contributed by atoms with Gasteiger partial charge in [-0.05, 0) is 34.9 Å². The zero-order valence-electron chi connectivity index (χ0n) is 13.3. The van der Waals surface area contributed by atoms with E-state index < -0.39 is 5.60 Å². The fourth-order valence-corrected chi connectivity index (χ4v) is 1.92. The summed E-state index contributed by atoms with van der Waals surface area (Å²) in [5.41, 5.74) is -0.425. The number of ketones is 1. The number of nitrogens with zero attached hydrogens (tertiary/aromatic N) is 3. The number of aromatic nitrogens is 2. The number of hydrogen-bond acceptors (Lipinski definition) is 5. The Hall–Kier alpha value is -1.40. The second-order valence-corrected chi connectivity index (χ2v) is 5.36. The van der Waals surface area contributed by atoms with Crippen LogP contribution in [0.4, 0.5) is 0 Å². The van der Waals surface area contributed by atoms with Gasteiger partial charge < -0.3 is 14.4 Å². The van der Waals surface area contributed by atoms with Crippen molar-refractivity contribution < 1.29 is 14.3 Å². The summed E-state index contributed by atoms with van der Waals surface area (Å²) in [6.45, 7) is 7.30. The molecule has 6 nitrogen and oxygen atoms in total. The average molecular weight is 283 g/mol. The Morgan fingerprint density at radius 1 is 1.45 bits per heavy atom. The number of hydrogen-bond donors (Lipinski definition) is 0. The molecule has 0 aliphatic carbocycles. The van der Waals surface area contributed by atoms with E-state index >= 15 is 0 Å². The molecule has 0 spiro atoms. The highest BCUT2D eigenvalue weighted by Gasteiger charge is 2.34. The Kier molecular flexibility index (Phi) is 5.71. The van der Waals surface area contributed by atoms with Crippen molar-refractivity contribution in [3.05, 3.63) is 11.9 Å². The minimum Gasteiger partial charge on any atom is -0.493 e. The summed E-state index contributed by atoms with van der Waals surface area (Å²) in [5, 5.41) is 4.24. The fraction of sp³-hybridized carbons (Fsp3) is 0.714. The third kappa shape index (κ3) is 3.80. The molecule has 0 aliphatic heterocycles. The molecular formula is C14H25N3O3. The molecule has 0 N–H and O–H groups in total. The predicted octanol–water partition coefficient (Wildman–Crippen LogP) is 1.45. The molecule has 0 radical (unpaired) electrons. The van der Waals surface area contributed by atoms with Crippen molar-refractivity contribution in [1.82, 2.24) is 14.7 Å². The molecule has 6 heteroatoms. The number of Topliss-reactive ketones (excluding diaryl/α,β-unsaturated/α-hetero) is 1. The van der Waals surface area contributed by atoms with E-state index in [1.54, 1.807) is 24.7 Å². The van der Waals surface area contributed by atoms with Gasteiger partial charge in [0.2, 0.25) is 5.78 Å². The van der Waals surface area contributed by atoms with Crippen molar-refractivity contribution in [2.75, 3.05) is 34.4 Å². The topological polar surface area (TPSA) is 56.6 Å². The van der Waals surface area contributed by atoms with Crippen LogP contribution in [0.3, 0.4) is 0 Å². The summed E-state index contributed by atoms with van der Waals surface area (Å²) >= 11 is 0. The summed E-state index contributed by atoms with van der Waals surface area (Å²) in [7, 11) is 5.50. The molecule has 0 bridgehead atoms. The first kappa shape index (κ1) is 16.7. The Balaban J connectivity index is 3.07. The second kappa shape index (κ2) is 6.85. The number of ether oxygens (including phenoxy) is 2. The van der Waals surface area contributed by atoms with Gasteiger partial charge in [0.05, 0.1) is 19.9 Å². The molecule has 0 saturated carbocycles. The zero-order valence-corrected chi connectivity index (χ0v) is 13.3. The molecule has 0 amide bonds. The van der Waals surface area contributed by atoms with Crippen LogP contribution in [0.15, 0.2) is 6.20 Å². The van der Waals surface area contributed by atoms with E-state index in [9.17, 15) is 4.79 Å². The van der Waals surface area contributed by atoms with Gasteiger partial charge in [0, 0.05) is 13.2 Å². The van der Waals surface area contributed by atoms with Gasteiger partial charge in [-0.3, -0.25) is 9.48 Å². The molecule has 0 fully saturated rings. The van der Waals surface area contributed by atoms with E-state index in [1.165, 1.54) is 7.11 Å². The Morgan fingerprint density at radius 2 is 2.10 bits per heavy atom. The van der Waals surface area contributed by atoms with Crippen molar-refractivity contribution in [2.45, 2.75) is 32.9 Å². The predicted molar refractivity (Wildman–Crippen MR) is 77.4 cm³/mol. The first-order valence-electron chi connectivity index (χ1n) is 6.76. The molecule has 0 unspecified atom stereocenters. The highest BCUT2D eigenvalue weighted by molar-refractivity contribution is 6.02. The lowest BCUT2D eigenvalue weighted by molar-refractivity contribution is 0.000231. The largest absolute Gasteiger partial charge is 0.493 e. The maximum atomic E-state index is 12.7. The number of carbonyl (C=O) groups is 1. The van der Waals surface area contributed by atoms with Crippen molar-refractivity contribution in [2.24, 2.45) is 0 Å². The Labute approximate surface area is 120 Å². The van der Waals surface area contributed by atoms with Gasteiger partial charge in [0.25, 0.3) is 0 Å². The summed E-state index contributed by atoms with van der Waals surface area (Å²) in [6, 6.07) is 0. The molecule has 0 aromatic carbocycles. The third-order valence-corrected chi connectivity index (χ3v) is 3.05. The van der Waals surface area contributed by atoms with Crippen LogP contribution in [0.1, 0.15) is 31.3 Å². The highest BCUT2D eigenvalue weighted by atomic mass is 16.5. The average Bonchev–Trinajstić information content (AvgIpc) is 2.77. The fourth-order valence-electron chi connectivity index (χ4n) is 1.92. The van der Waals surface area contributed by atoms with E-state index in [2.05, 4.69) is 5.10 Å². The van der Waals surface area contributed by atoms with Crippen molar-refractivity contribution in [1.29, 1.82) is 0 Å². The maximum Gasteiger partial charge on any atom is 0.215 e. The van der Waals surface area contributed by atoms with E-state index in [-0.39, 0.29) is 5.78 Å². The van der Waals surface area contributed by atoms with Crippen LogP contribution in [-0.2, 0) is 11.3 Å². The molecule has 1 rings (SSSR count). The lowest BCUT2D eigenvalue weighted by Crippen LogP contribution is -2.37. The van der Waals surface area contributed by atoms with Crippen molar-refractivity contribution in [3.8, 4) is 5.75 Å². The van der Waals surface area contributed by atoms with Crippen LogP contribution in [0.2, 0.25) is 0 Å². The van der Waals surface area contributed by atoms with Gasteiger partial charge in [-0.25, -0.2) is 0 Å². The molecule has 20 heavy (non-hydrogen) atoms. The van der Waals surface area contributed by atoms with Crippen LogP contribution in [0, 0.1) is 0 Å². The molecule has 114 valence electrons. The van der Waals surface area contributed by atoms with Gasteiger partial charge in [0.1, 0.15) is 11.3 Å². The number of likely N-dealkylation sites (N-methyl/N-ethyl adjacent to an activating group) is 1. The van der Waals surface area contributed by atoms with Crippen LogP contribution >= 0.6 is 0 Å². The Bertz CT molecular complexity index is 453. The first-order chi connectivity index (χ1) is 9.33. The Morgan fingerprint density at radius 3 is 2.60 bits per heavy atom. The number of carbonyl (C=O) groups excluding carboxylic acids is 1. The normalized spacial score (nSPS) is 11.9. The smallest absolute Gasteiger partial charge is 0.215 e. The van der Waals surface area contributed by atoms with Gasteiger partial charge >= 0.3 is 0 Å². The lowest BCUT2D eigenvalue weighted by atomic mass is 10.00. The summed E-state index contributed by atoms with van der Waals surface area (Å²) in [4.78, 5) is 14.7. The zero-order chi connectivity index (χ0) is 15.3. The molecule has 1 aromatic rings. The van der Waals surface area contributed by atoms with E-state index in [1.807, 2.05) is 25.9 Å². The maximum absolute atomic E-state index is 12.7. The molecule has 1 aromatic heterocycles. The molecule has 0 atom stereocenters. The van der Waals surface area contributed by atoms with Gasteiger partial charge in [-0.2, -0.15) is 5.10 Å². The van der Waals surface area contributed by atoms with Crippen LogP contribution in [0.25, 0.3) is 0 Å². The summed E-state index contributed by atoms with van der Waals surface area (Å²) in [6.07, 6.45) is 1.57. The van der Waals surface area contributed by atoms with E-state index in [0.29, 0.717) is 24.6 Å². The van der Waals surface area contributed by atoms with E-state index in [4.69, 9.17) is 9.47 Å². The van der Waals surface area contributed by atoms with Gasteiger partial charge in [-0.15, -0.1) is 0 Å². The van der Waals surface area contributed by atoms with Crippen molar-refractivity contribution in [3.63, 3.8) is 0 Å². The van der Waals surface area contributed by atoms with Crippen LogP contribution < -0.4 is 4.74 Å². The molecule has 1 heterocycles.